The van der Waals surface area contributed by atoms with Crippen LogP contribution in [0.1, 0.15) is 23.9 Å². The van der Waals surface area contributed by atoms with Crippen molar-refractivity contribution in [2.45, 2.75) is 32.9 Å². The Morgan fingerprint density at radius 3 is 2.48 bits per heavy atom. The number of carbonyl (C=O) groups is 1. The van der Waals surface area contributed by atoms with Gasteiger partial charge in [0, 0.05) is 11.4 Å². The number of rotatable bonds is 9. The van der Waals surface area contributed by atoms with Crippen molar-refractivity contribution in [2.24, 2.45) is 0 Å². The highest BCUT2D eigenvalue weighted by molar-refractivity contribution is 7.99. The van der Waals surface area contributed by atoms with Crippen LogP contribution in [-0.4, -0.2) is 51.0 Å². The molecule has 0 saturated heterocycles. The molecule has 3 aromatic rings. The molecular weight excluding hydrogens is 390 g/mol. The molecule has 0 fully saturated rings. The Labute approximate surface area is 174 Å². The first-order valence-electron chi connectivity index (χ1n) is 9.43. The summed E-state index contributed by atoms with van der Waals surface area (Å²) in [6.07, 6.45) is 0. The smallest absolute Gasteiger partial charge is 0.253 e. The first kappa shape index (κ1) is 20.9. The molecule has 8 nitrogen and oxygen atoms in total. The van der Waals surface area contributed by atoms with Gasteiger partial charge in [0.1, 0.15) is 18.1 Å². The SMILES string of the molecule is CCOc1ccc(OCCNC(=O)CSc2nc3nc(C)c(C)c(C)n3n2)cc1. The van der Waals surface area contributed by atoms with Crippen LogP contribution in [0, 0.1) is 20.8 Å². The lowest BCUT2D eigenvalue weighted by atomic mass is 10.2. The van der Waals surface area contributed by atoms with Crippen LogP contribution < -0.4 is 14.8 Å². The molecule has 0 spiro atoms. The number of fused-ring (bicyclic) bond motifs is 1. The number of hydrogen-bond acceptors (Lipinski definition) is 7. The van der Waals surface area contributed by atoms with E-state index in [1.54, 1.807) is 4.52 Å². The van der Waals surface area contributed by atoms with Gasteiger partial charge >= 0.3 is 0 Å². The zero-order valence-electron chi connectivity index (χ0n) is 17.1. The second-order valence-electron chi connectivity index (χ2n) is 6.41. The predicted molar refractivity (Wildman–Crippen MR) is 112 cm³/mol. The Kier molecular flexibility index (Phi) is 6.92. The lowest BCUT2D eigenvalue weighted by Crippen LogP contribution is -2.29. The van der Waals surface area contributed by atoms with Crippen LogP contribution >= 0.6 is 11.8 Å². The van der Waals surface area contributed by atoms with Crippen LogP contribution in [-0.2, 0) is 4.79 Å². The summed E-state index contributed by atoms with van der Waals surface area (Å²) in [7, 11) is 0. The lowest BCUT2D eigenvalue weighted by Gasteiger charge is -2.08. The van der Waals surface area contributed by atoms with E-state index in [4.69, 9.17) is 9.47 Å². The molecule has 2 aromatic heterocycles. The molecule has 29 heavy (non-hydrogen) atoms. The van der Waals surface area contributed by atoms with Gasteiger partial charge in [0.25, 0.3) is 5.78 Å². The Balaban J connectivity index is 1.42. The lowest BCUT2D eigenvalue weighted by molar-refractivity contribution is -0.118. The van der Waals surface area contributed by atoms with E-state index in [2.05, 4.69) is 20.4 Å². The zero-order valence-corrected chi connectivity index (χ0v) is 17.9. The normalized spacial score (nSPS) is 10.9. The summed E-state index contributed by atoms with van der Waals surface area (Å²) in [5, 5.41) is 7.80. The van der Waals surface area contributed by atoms with E-state index in [0.717, 1.165) is 28.5 Å². The number of nitrogens with one attached hydrogen (secondary N) is 1. The number of aromatic nitrogens is 4. The van der Waals surface area contributed by atoms with E-state index in [1.807, 2.05) is 52.0 Å². The predicted octanol–water partition coefficient (Wildman–Crippen LogP) is 2.74. The third-order valence-electron chi connectivity index (χ3n) is 4.40. The Morgan fingerprint density at radius 1 is 1.10 bits per heavy atom. The molecule has 2 heterocycles. The molecule has 0 atom stereocenters. The van der Waals surface area contributed by atoms with E-state index in [9.17, 15) is 4.79 Å². The van der Waals surface area contributed by atoms with Crippen LogP contribution in [0.2, 0.25) is 0 Å². The van der Waals surface area contributed by atoms with Gasteiger partial charge < -0.3 is 14.8 Å². The maximum absolute atomic E-state index is 12.1. The molecule has 0 aliphatic heterocycles. The fourth-order valence-electron chi connectivity index (χ4n) is 2.64. The first-order chi connectivity index (χ1) is 14.0. The zero-order chi connectivity index (χ0) is 20.8. The minimum Gasteiger partial charge on any atom is -0.494 e. The molecule has 0 aliphatic carbocycles. The molecule has 0 bridgehead atoms. The van der Waals surface area contributed by atoms with E-state index in [-0.39, 0.29) is 11.7 Å². The number of nitrogens with zero attached hydrogens (tertiary/aromatic N) is 4. The van der Waals surface area contributed by atoms with Gasteiger partial charge in [-0.2, -0.15) is 4.98 Å². The van der Waals surface area contributed by atoms with Gasteiger partial charge in [-0.15, -0.1) is 5.10 Å². The summed E-state index contributed by atoms with van der Waals surface area (Å²) < 4.78 is 12.7. The van der Waals surface area contributed by atoms with Crippen molar-refractivity contribution >= 4 is 23.4 Å². The topological polar surface area (TPSA) is 90.6 Å². The fourth-order valence-corrected chi connectivity index (χ4v) is 3.29. The van der Waals surface area contributed by atoms with Crippen molar-refractivity contribution in [3.05, 3.63) is 41.2 Å². The summed E-state index contributed by atoms with van der Waals surface area (Å²) in [6, 6.07) is 7.40. The molecule has 3 rings (SSSR count). The van der Waals surface area contributed by atoms with Gasteiger partial charge in [-0.25, -0.2) is 9.50 Å². The molecule has 0 aliphatic rings. The van der Waals surface area contributed by atoms with Crippen LogP contribution in [0.3, 0.4) is 0 Å². The molecule has 154 valence electrons. The van der Waals surface area contributed by atoms with Gasteiger partial charge in [-0.05, 0) is 57.5 Å². The molecule has 1 aromatic carbocycles. The molecule has 1 amide bonds. The number of thioether (sulfide) groups is 1. The van der Waals surface area contributed by atoms with Crippen molar-refractivity contribution in [3.8, 4) is 11.5 Å². The highest BCUT2D eigenvalue weighted by atomic mass is 32.2. The number of hydrogen-bond donors (Lipinski definition) is 1. The minimum atomic E-state index is -0.0961. The first-order valence-corrected chi connectivity index (χ1v) is 10.4. The highest BCUT2D eigenvalue weighted by Crippen LogP contribution is 2.18. The van der Waals surface area contributed by atoms with E-state index in [0.29, 0.717) is 30.7 Å². The van der Waals surface area contributed by atoms with Gasteiger partial charge in [-0.1, -0.05) is 11.8 Å². The monoisotopic (exact) mass is 415 g/mol. The summed E-state index contributed by atoms with van der Waals surface area (Å²) in [6.45, 7) is 9.32. The number of aryl methyl sites for hydroxylation is 2. The van der Waals surface area contributed by atoms with Crippen molar-refractivity contribution < 1.29 is 14.3 Å². The Hall–Kier alpha value is -2.81. The third kappa shape index (κ3) is 5.38. The van der Waals surface area contributed by atoms with E-state index >= 15 is 0 Å². The Bertz CT molecular complexity index is 988. The van der Waals surface area contributed by atoms with Crippen LogP contribution in [0.15, 0.2) is 29.4 Å². The summed E-state index contributed by atoms with van der Waals surface area (Å²) in [5.41, 5.74) is 3.02. The molecule has 9 heteroatoms. The quantitative estimate of drug-likeness (QED) is 0.424. The largest absolute Gasteiger partial charge is 0.494 e. The molecular formula is C20H25N5O3S. The fraction of sp³-hybridized carbons (Fsp3) is 0.400. The second-order valence-corrected chi connectivity index (χ2v) is 7.35. The van der Waals surface area contributed by atoms with Crippen LogP contribution in [0.5, 0.6) is 11.5 Å². The van der Waals surface area contributed by atoms with Crippen molar-refractivity contribution in [2.75, 3.05) is 25.5 Å². The standard InChI is InChI=1S/C20H25N5O3S/c1-5-27-16-6-8-17(9-7-16)28-11-10-21-18(26)12-29-20-23-19-22-14(3)13(2)15(4)25(19)24-20/h6-9H,5,10-12H2,1-4H3,(H,21,26). The summed E-state index contributed by atoms with van der Waals surface area (Å²) in [5.74, 6) is 2.23. The van der Waals surface area contributed by atoms with Gasteiger partial charge in [-0.3, -0.25) is 4.79 Å². The van der Waals surface area contributed by atoms with Crippen LogP contribution in [0.25, 0.3) is 5.78 Å². The third-order valence-corrected chi connectivity index (χ3v) is 5.24. The van der Waals surface area contributed by atoms with Crippen molar-refractivity contribution in [1.82, 2.24) is 24.9 Å². The van der Waals surface area contributed by atoms with Crippen molar-refractivity contribution in [1.29, 1.82) is 0 Å². The van der Waals surface area contributed by atoms with E-state index < -0.39 is 0 Å². The number of amides is 1. The average Bonchev–Trinajstić information content (AvgIpc) is 3.12. The van der Waals surface area contributed by atoms with Gasteiger partial charge in [0.2, 0.25) is 11.1 Å². The van der Waals surface area contributed by atoms with Gasteiger partial charge in [0.15, 0.2) is 0 Å². The summed E-state index contributed by atoms with van der Waals surface area (Å²) >= 11 is 1.29. The number of carbonyl (C=O) groups excluding carboxylic acids is 1. The maximum Gasteiger partial charge on any atom is 0.253 e. The van der Waals surface area contributed by atoms with E-state index in [1.165, 1.54) is 11.8 Å². The highest BCUT2D eigenvalue weighted by Gasteiger charge is 2.12. The average molecular weight is 416 g/mol. The second kappa shape index (κ2) is 9.60. The summed E-state index contributed by atoms with van der Waals surface area (Å²) in [4.78, 5) is 20.9. The van der Waals surface area contributed by atoms with Crippen molar-refractivity contribution in [3.63, 3.8) is 0 Å². The maximum atomic E-state index is 12.1. The Morgan fingerprint density at radius 2 is 1.79 bits per heavy atom. The molecule has 1 N–H and O–H groups in total. The minimum absolute atomic E-state index is 0.0961. The van der Waals surface area contributed by atoms with Gasteiger partial charge in [0.05, 0.1) is 18.9 Å². The van der Waals surface area contributed by atoms with Crippen LogP contribution in [0.4, 0.5) is 0 Å². The molecule has 0 radical (unpaired) electrons. The number of ether oxygens (including phenoxy) is 2. The molecule has 0 unspecified atom stereocenters. The number of benzene rings is 1. The molecule has 0 saturated carbocycles.